The molecule has 0 aromatic heterocycles. The summed E-state index contributed by atoms with van der Waals surface area (Å²) < 4.78 is 5.34. The van der Waals surface area contributed by atoms with Crippen LogP contribution in [0.1, 0.15) is 5.56 Å². The van der Waals surface area contributed by atoms with E-state index in [0.717, 1.165) is 12.3 Å². The topological polar surface area (TPSA) is 38.5 Å². The predicted molar refractivity (Wildman–Crippen MR) is 68.1 cm³/mol. The Hall–Kier alpha value is -1.13. The molecule has 2 rings (SSSR count). The molecule has 86 valence electrons. The van der Waals surface area contributed by atoms with Crippen molar-refractivity contribution in [3.8, 4) is 5.75 Å². The van der Waals surface area contributed by atoms with E-state index in [2.05, 4.69) is 22.6 Å². The lowest BCUT2D eigenvalue weighted by Gasteiger charge is -2.24. The first-order valence-corrected chi connectivity index (χ1v) is 6.19. The molecule has 0 aliphatic carbocycles. The van der Waals surface area contributed by atoms with Crippen LogP contribution in [0, 0.1) is 0 Å². The van der Waals surface area contributed by atoms with Crippen LogP contribution in [-0.4, -0.2) is 23.9 Å². The fourth-order valence-electron chi connectivity index (χ4n) is 1.75. The van der Waals surface area contributed by atoms with Crippen LogP contribution in [0.2, 0.25) is 0 Å². The van der Waals surface area contributed by atoms with Crippen molar-refractivity contribution in [1.29, 1.82) is 0 Å². The minimum absolute atomic E-state index is 0.352. The molecule has 1 aromatic rings. The van der Waals surface area contributed by atoms with E-state index in [1.807, 2.05) is 18.2 Å². The van der Waals surface area contributed by atoms with Gasteiger partial charge in [-0.05, 0) is 11.5 Å². The number of nitrogens with two attached hydrogens (primary N) is 1. The molecule has 1 heterocycles. The molecular formula is C12H16N2OS. The lowest BCUT2D eigenvalue weighted by molar-refractivity contribution is 0.344. The normalized spacial score (nSPS) is 19.1. The zero-order valence-electron chi connectivity index (χ0n) is 9.30. The third kappa shape index (κ3) is 2.33. The molecule has 3 nitrogen and oxygen atoms in total. The van der Waals surface area contributed by atoms with Gasteiger partial charge in [0.15, 0.2) is 0 Å². The quantitative estimate of drug-likeness (QED) is 0.868. The summed E-state index contributed by atoms with van der Waals surface area (Å²) in [6.07, 6.45) is 2.09. The second kappa shape index (κ2) is 5.27. The van der Waals surface area contributed by atoms with E-state index in [1.54, 1.807) is 18.9 Å². The van der Waals surface area contributed by atoms with Gasteiger partial charge in [-0.3, -0.25) is 0 Å². The van der Waals surface area contributed by atoms with Crippen molar-refractivity contribution >= 4 is 11.8 Å². The van der Waals surface area contributed by atoms with Gasteiger partial charge in [-0.1, -0.05) is 18.2 Å². The number of ether oxygens (including phenoxy) is 1. The molecule has 1 unspecified atom stereocenters. The summed E-state index contributed by atoms with van der Waals surface area (Å²) in [5.74, 6) is 0.934. The molecule has 0 spiro atoms. The molecule has 1 aliphatic rings. The summed E-state index contributed by atoms with van der Waals surface area (Å²) in [6, 6.07) is 8.09. The first kappa shape index (κ1) is 11.4. The minimum Gasteiger partial charge on any atom is -0.496 e. The van der Waals surface area contributed by atoms with Crippen molar-refractivity contribution in [2.45, 2.75) is 11.9 Å². The molecule has 0 fully saturated rings. The van der Waals surface area contributed by atoms with Gasteiger partial charge in [0.25, 0.3) is 0 Å². The molecule has 16 heavy (non-hydrogen) atoms. The molecule has 4 heteroatoms. The molecule has 1 aliphatic heterocycles. The predicted octanol–water partition coefficient (Wildman–Crippen LogP) is 2.00. The van der Waals surface area contributed by atoms with Gasteiger partial charge >= 0.3 is 0 Å². The standard InChI is InChI=1S/C12H16N2OS/c1-15-11-5-3-2-4-10(11)9-14-6-7-16-12(14)8-13/h2-7,12H,8-9,13H2,1H3. The van der Waals surface area contributed by atoms with E-state index in [4.69, 9.17) is 10.5 Å². The maximum absolute atomic E-state index is 5.71. The number of hydrogen-bond donors (Lipinski definition) is 1. The monoisotopic (exact) mass is 236 g/mol. The number of rotatable bonds is 4. The molecule has 0 radical (unpaired) electrons. The third-order valence-corrected chi connectivity index (χ3v) is 3.66. The van der Waals surface area contributed by atoms with Gasteiger partial charge < -0.3 is 15.4 Å². The zero-order chi connectivity index (χ0) is 11.4. The van der Waals surface area contributed by atoms with Gasteiger partial charge in [0, 0.05) is 24.9 Å². The second-order valence-electron chi connectivity index (χ2n) is 3.60. The van der Waals surface area contributed by atoms with Gasteiger partial charge in [0.1, 0.15) is 5.75 Å². The van der Waals surface area contributed by atoms with E-state index in [9.17, 15) is 0 Å². The van der Waals surface area contributed by atoms with Gasteiger partial charge in [-0.2, -0.15) is 0 Å². The smallest absolute Gasteiger partial charge is 0.123 e. The van der Waals surface area contributed by atoms with Crippen molar-refractivity contribution in [2.24, 2.45) is 5.73 Å². The minimum atomic E-state index is 0.352. The fourth-order valence-corrected chi connectivity index (χ4v) is 2.57. The van der Waals surface area contributed by atoms with Gasteiger partial charge in [0.2, 0.25) is 0 Å². The van der Waals surface area contributed by atoms with Crippen LogP contribution in [-0.2, 0) is 6.54 Å². The first-order chi connectivity index (χ1) is 7.85. The SMILES string of the molecule is COc1ccccc1CN1C=CSC1CN. The Morgan fingerprint density at radius 1 is 1.44 bits per heavy atom. The van der Waals surface area contributed by atoms with E-state index in [1.165, 1.54) is 5.56 Å². The Balaban J connectivity index is 2.11. The number of hydrogen-bond acceptors (Lipinski definition) is 4. The Bertz CT molecular complexity index is 381. The average molecular weight is 236 g/mol. The lowest BCUT2D eigenvalue weighted by atomic mass is 10.2. The van der Waals surface area contributed by atoms with Crippen molar-refractivity contribution in [1.82, 2.24) is 4.90 Å². The van der Waals surface area contributed by atoms with Crippen LogP contribution in [0.4, 0.5) is 0 Å². The fraction of sp³-hybridized carbons (Fsp3) is 0.333. The van der Waals surface area contributed by atoms with E-state index in [-0.39, 0.29) is 0 Å². The molecule has 1 aromatic carbocycles. The summed E-state index contributed by atoms with van der Waals surface area (Å²) in [6.45, 7) is 1.50. The Labute approximate surface area is 100 Å². The largest absolute Gasteiger partial charge is 0.496 e. The van der Waals surface area contributed by atoms with E-state index in [0.29, 0.717) is 11.9 Å². The highest BCUT2D eigenvalue weighted by molar-refractivity contribution is 8.02. The average Bonchev–Trinajstić information content (AvgIpc) is 2.77. The van der Waals surface area contributed by atoms with Crippen LogP contribution in [0.25, 0.3) is 0 Å². The number of nitrogens with zero attached hydrogens (tertiary/aromatic N) is 1. The molecule has 0 saturated carbocycles. The van der Waals surface area contributed by atoms with Crippen LogP contribution in [0.3, 0.4) is 0 Å². The van der Waals surface area contributed by atoms with Gasteiger partial charge in [-0.15, -0.1) is 11.8 Å². The van der Waals surface area contributed by atoms with Crippen molar-refractivity contribution in [3.05, 3.63) is 41.4 Å². The van der Waals surface area contributed by atoms with Crippen molar-refractivity contribution < 1.29 is 4.74 Å². The molecule has 0 amide bonds. The van der Waals surface area contributed by atoms with Crippen molar-refractivity contribution in [3.63, 3.8) is 0 Å². The highest BCUT2D eigenvalue weighted by atomic mass is 32.2. The Morgan fingerprint density at radius 2 is 2.25 bits per heavy atom. The Kier molecular flexibility index (Phi) is 3.74. The number of methoxy groups -OCH3 is 1. The van der Waals surface area contributed by atoms with Crippen LogP contribution in [0.15, 0.2) is 35.9 Å². The van der Waals surface area contributed by atoms with Crippen molar-refractivity contribution in [2.75, 3.05) is 13.7 Å². The van der Waals surface area contributed by atoms with Gasteiger partial charge in [-0.25, -0.2) is 0 Å². The molecule has 2 N–H and O–H groups in total. The molecule has 0 saturated heterocycles. The third-order valence-electron chi connectivity index (χ3n) is 2.60. The van der Waals surface area contributed by atoms with Crippen LogP contribution >= 0.6 is 11.8 Å². The first-order valence-electron chi connectivity index (χ1n) is 5.25. The number of thioether (sulfide) groups is 1. The summed E-state index contributed by atoms with van der Waals surface area (Å²) in [4.78, 5) is 2.24. The summed E-state index contributed by atoms with van der Waals surface area (Å²) in [5, 5.41) is 2.44. The number of benzene rings is 1. The van der Waals surface area contributed by atoms with Crippen LogP contribution < -0.4 is 10.5 Å². The van der Waals surface area contributed by atoms with Crippen LogP contribution in [0.5, 0.6) is 5.75 Å². The second-order valence-corrected chi connectivity index (χ2v) is 4.68. The zero-order valence-corrected chi connectivity index (χ0v) is 10.1. The lowest BCUT2D eigenvalue weighted by Crippen LogP contribution is -2.31. The summed E-state index contributed by atoms with van der Waals surface area (Å²) in [7, 11) is 1.70. The highest BCUT2D eigenvalue weighted by Gasteiger charge is 2.19. The molecule has 1 atom stereocenters. The van der Waals surface area contributed by atoms with E-state index >= 15 is 0 Å². The highest BCUT2D eigenvalue weighted by Crippen LogP contribution is 2.28. The maximum atomic E-state index is 5.71. The Morgan fingerprint density at radius 3 is 3.00 bits per heavy atom. The molecular weight excluding hydrogens is 220 g/mol. The number of para-hydroxylation sites is 1. The maximum Gasteiger partial charge on any atom is 0.123 e. The summed E-state index contributed by atoms with van der Waals surface area (Å²) >= 11 is 1.76. The summed E-state index contributed by atoms with van der Waals surface area (Å²) in [5.41, 5.74) is 6.91. The van der Waals surface area contributed by atoms with E-state index < -0.39 is 0 Å². The van der Waals surface area contributed by atoms with Gasteiger partial charge in [0.05, 0.1) is 12.5 Å². The molecule has 0 bridgehead atoms.